The summed E-state index contributed by atoms with van der Waals surface area (Å²) >= 11 is 0. The molecule has 0 aliphatic carbocycles. The molecule has 0 rings (SSSR count). The molecule has 0 aliphatic rings. The number of hydrogen-bond acceptors (Lipinski definition) is 4. The minimum atomic E-state index is 0.292. The number of methoxy groups -OCH3 is 1. The highest BCUT2D eigenvalue weighted by molar-refractivity contribution is 4.73. The summed E-state index contributed by atoms with van der Waals surface area (Å²) in [6.45, 7) is 4.79. The summed E-state index contributed by atoms with van der Waals surface area (Å²) in [7, 11) is 1.71. The Balaban J connectivity index is 3.51. The van der Waals surface area contributed by atoms with Gasteiger partial charge in [-0.2, -0.15) is 0 Å². The van der Waals surface area contributed by atoms with E-state index in [0.29, 0.717) is 25.1 Å². The van der Waals surface area contributed by atoms with E-state index < -0.39 is 0 Å². The van der Waals surface area contributed by atoms with Crippen LogP contribution in [-0.2, 0) is 4.74 Å². The number of aliphatic hydroxyl groups excluding tert-OH is 1. The number of nitrogens with two attached hydrogens (primary N) is 1. The van der Waals surface area contributed by atoms with E-state index in [1.807, 2.05) is 0 Å². The van der Waals surface area contributed by atoms with Crippen LogP contribution in [0.1, 0.15) is 26.2 Å². The van der Waals surface area contributed by atoms with Crippen LogP contribution in [0, 0.1) is 5.92 Å². The fourth-order valence-electron chi connectivity index (χ4n) is 1.60. The van der Waals surface area contributed by atoms with Gasteiger partial charge in [0.15, 0.2) is 0 Å². The number of ether oxygens (including phenoxy) is 1. The molecule has 0 aromatic rings. The van der Waals surface area contributed by atoms with E-state index in [0.717, 1.165) is 32.4 Å². The zero-order valence-electron chi connectivity index (χ0n) is 10.0. The van der Waals surface area contributed by atoms with Gasteiger partial charge in [0.2, 0.25) is 0 Å². The zero-order valence-corrected chi connectivity index (χ0v) is 10.0. The Kier molecular flexibility index (Phi) is 10.3. The van der Waals surface area contributed by atoms with Crippen LogP contribution in [0.2, 0.25) is 0 Å². The molecular weight excluding hydrogens is 192 g/mol. The summed E-state index contributed by atoms with van der Waals surface area (Å²) in [5.41, 5.74) is 5.69. The van der Waals surface area contributed by atoms with Gasteiger partial charge in [0.05, 0.1) is 6.61 Å². The van der Waals surface area contributed by atoms with Gasteiger partial charge in [-0.15, -0.1) is 0 Å². The Morgan fingerprint density at radius 3 is 2.60 bits per heavy atom. The Labute approximate surface area is 93.2 Å². The van der Waals surface area contributed by atoms with Crippen molar-refractivity contribution >= 4 is 0 Å². The van der Waals surface area contributed by atoms with E-state index in [1.54, 1.807) is 7.11 Å². The molecule has 4 heteroatoms. The first-order chi connectivity index (χ1) is 7.26. The fourth-order valence-corrected chi connectivity index (χ4v) is 1.60. The smallest absolute Gasteiger partial charge is 0.0503 e. The number of aliphatic hydroxyl groups is 1. The lowest BCUT2D eigenvalue weighted by Gasteiger charge is -2.23. The number of unbranched alkanes of at least 4 members (excludes halogenated alkanes) is 2. The topological polar surface area (TPSA) is 67.5 Å². The molecule has 0 fully saturated rings. The minimum absolute atomic E-state index is 0.292. The fraction of sp³-hybridized carbons (Fsp3) is 1.00. The van der Waals surface area contributed by atoms with Crippen molar-refractivity contribution in [3.05, 3.63) is 0 Å². The number of nitrogens with one attached hydrogen (secondary N) is 1. The Bertz CT molecular complexity index is 134. The van der Waals surface area contributed by atoms with E-state index in [9.17, 15) is 0 Å². The molecule has 92 valence electrons. The molecule has 0 aromatic heterocycles. The summed E-state index contributed by atoms with van der Waals surface area (Å²) in [5, 5.41) is 12.0. The monoisotopic (exact) mass is 218 g/mol. The van der Waals surface area contributed by atoms with Crippen LogP contribution in [0.4, 0.5) is 0 Å². The van der Waals surface area contributed by atoms with Gasteiger partial charge in [-0.3, -0.25) is 0 Å². The summed E-state index contributed by atoms with van der Waals surface area (Å²) in [5.74, 6) is 0.442. The molecule has 0 aromatic carbocycles. The van der Waals surface area contributed by atoms with Crippen molar-refractivity contribution in [2.75, 3.05) is 33.4 Å². The largest absolute Gasteiger partial charge is 0.396 e. The third-order valence-electron chi connectivity index (χ3n) is 2.61. The molecule has 0 saturated carbocycles. The van der Waals surface area contributed by atoms with Gasteiger partial charge >= 0.3 is 0 Å². The molecule has 4 N–H and O–H groups in total. The molecular formula is C11H26N2O2. The van der Waals surface area contributed by atoms with Crippen LogP contribution in [0.25, 0.3) is 0 Å². The predicted octanol–water partition coefficient (Wildman–Crippen LogP) is 0.348. The zero-order chi connectivity index (χ0) is 11.5. The summed E-state index contributed by atoms with van der Waals surface area (Å²) in [6.07, 6.45) is 3.05. The van der Waals surface area contributed by atoms with Crippen LogP contribution in [0.5, 0.6) is 0 Å². The molecule has 0 heterocycles. The van der Waals surface area contributed by atoms with Crippen molar-refractivity contribution in [1.82, 2.24) is 5.32 Å². The molecule has 4 nitrogen and oxygen atoms in total. The second-order valence-electron chi connectivity index (χ2n) is 4.01. The van der Waals surface area contributed by atoms with Crippen LogP contribution in [-0.4, -0.2) is 44.6 Å². The minimum Gasteiger partial charge on any atom is -0.396 e. The van der Waals surface area contributed by atoms with Gasteiger partial charge < -0.3 is 20.9 Å². The van der Waals surface area contributed by atoms with E-state index >= 15 is 0 Å². The van der Waals surface area contributed by atoms with Gasteiger partial charge in [-0.25, -0.2) is 0 Å². The first-order valence-electron chi connectivity index (χ1n) is 5.79. The van der Waals surface area contributed by atoms with Crippen LogP contribution < -0.4 is 11.1 Å². The lowest BCUT2D eigenvalue weighted by atomic mass is 10.0. The maximum Gasteiger partial charge on any atom is 0.0503 e. The average Bonchev–Trinajstić information content (AvgIpc) is 2.23. The third kappa shape index (κ3) is 7.73. The molecule has 0 amide bonds. The molecule has 0 saturated heterocycles. The maximum atomic E-state index is 8.62. The highest BCUT2D eigenvalue weighted by atomic mass is 16.5. The highest BCUT2D eigenvalue weighted by Crippen LogP contribution is 2.02. The van der Waals surface area contributed by atoms with Gasteiger partial charge in [-0.1, -0.05) is 6.92 Å². The lowest BCUT2D eigenvalue weighted by Crippen LogP contribution is -2.43. The number of hydrogen-bond donors (Lipinski definition) is 3. The summed E-state index contributed by atoms with van der Waals surface area (Å²) in [4.78, 5) is 0. The third-order valence-corrected chi connectivity index (χ3v) is 2.61. The SMILES string of the molecule is COCC(C)C(CN)NCCCCCO. The molecule has 0 bridgehead atoms. The van der Waals surface area contributed by atoms with Crippen LogP contribution in [0.3, 0.4) is 0 Å². The van der Waals surface area contributed by atoms with Crippen molar-refractivity contribution in [2.24, 2.45) is 11.7 Å². The van der Waals surface area contributed by atoms with Gasteiger partial charge in [-0.05, 0) is 31.7 Å². The van der Waals surface area contributed by atoms with E-state index in [2.05, 4.69) is 12.2 Å². The Morgan fingerprint density at radius 2 is 2.07 bits per heavy atom. The van der Waals surface area contributed by atoms with Crippen LogP contribution in [0.15, 0.2) is 0 Å². The van der Waals surface area contributed by atoms with Gasteiger partial charge in [0.25, 0.3) is 0 Å². The standard InChI is InChI=1S/C11H26N2O2/c1-10(9-15-2)11(8-12)13-6-4-3-5-7-14/h10-11,13-14H,3-9,12H2,1-2H3. The van der Waals surface area contributed by atoms with Gasteiger partial charge in [0, 0.05) is 26.3 Å². The van der Waals surface area contributed by atoms with Crippen molar-refractivity contribution in [3.63, 3.8) is 0 Å². The second kappa shape index (κ2) is 10.4. The first-order valence-corrected chi connectivity index (χ1v) is 5.79. The average molecular weight is 218 g/mol. The summed E-state index contributed by atoms with van der Waals surface area (Å²) < 4.78 is 5.10. The molecule has 0 spiro atoms. The first kappa shape index (κ1) is 14.8. The maximum absolute atomic E-state index is 8.62. The van der Waals surface area contributed by atoms with Crippen molar-refractivity contribution < 1.29 is 9.84 Å². The van der Waals surface area contributed by atoms with Crippen LogP contribution >= 0.6 is 0 Å². The predicted molar refractivity (Wildman–Crippen MR) is 62.8 cm³/mol. The highest BCUT2D eigenvalue weighted by Gasteiger charge is 2.14. The lowest BCUT2D eigenvalue weighted by molar-refractivity contribution is 0.140. The molecule has 0 radical (unpaired) electrons. The second-order valence-corrected chi connectivity index (χ2v) is 4.01. The quantitative estimate of drug-likeness (QED) is 0.463. The molecule has 15 heavy (non-hydrogen) atoms. The van der Waals surface area contributed by atoms with E-state index in [1.165, 1.54) is 0 Å². The van der Waals surface area contributed by atoms with E-state index in [-0.39, 0.29) is 0 Å². The Hall–Kier alpha value is -0.160. The number of rotatable bonds is 10. The molecule has 0 aliphatic heterocycles. The molecule has 2 unspecified atom stereocenters. The van der Waals surface area contributed by atoms with E-state index in [4.69, 9.17) is 15.6 Å². The van der Waals surface area contributed by atoms with Crippen molar-refractivity contribution in [1.29, 1.82) is 0 Å². The van der Waals surface area contributed by atoms with Crippen molar-refractivity contribution in [3.8, 4) is 0 Å². The Morgan fingerprint density at radius 1 is 1.33 bits per heavy atom. The molecule has 2 atom stereocenters. The van der Waals surface area contributed by atoms with Crippen molar-refractivity contribution in [2.45, 2.75) is 32.2 Å². The van der Waals surface area contributed by atoms with Gasteiger partial charge in [0.1, 0.15) is 0 Å². The summed E-state index contributed by atoms with van der Waals surface area (Å²) in [6, 6.07) is 0.332. The normalized spacial score (nSPS) is 15.2.